The zero-order chi connectivity index (χ0) is 24.3. The highest BCUT2D eigenvalue weighted by atomic mass is 35.5. The molecule has 4 rings (SSSR count). The lowest BCUT2D eigenvalue weighted by Crippen LogP contribution is -2.47. The van der Waals surface area contributed by atoms with Crippen molar-refractivity contribution in [3.63, 3.8) is 0 Å². The van der Waals surface area contributed by atoms with Crippen LogP contribution in [-0.4, -0.2) is 42.2 Å². The van der Waals surface area contributed by atoms with Crippen molar-refractivity contribution in [1.29, 1.82) is 0 Å². The van der Waals surface area contributed by atoms with Crippen LogP contribution < -0.4 is 10.6 Å². The molecule has 178 valence electrons. The van der Waals surface area contributed by atoms with Crippen molar-refractivity contribution >= 4 is 35.0 Å². The fraction of sp³-hybridized carbons (Fsp3) is 0.346. The predicted octanol–water partition coefficient (Wildman–Crippen LogP) is 5.43. The molecule has 1 saturated heterocycles. The SMILES string of the molecule is CCOC(=O)c1nc(-c2cccc(Cl)c2Cl)c(C)nc1N1CCC(CN)(c2ccccc2)CC1. The summed E-state index contributed by atoms with van der Waals surface area (Å²) >= 11 is 12.7. The summed E-state index contributed by atoms with van der Waals surface area (Å²) in [7, 11) is 0. The molecule has 0 spiro atoms. The summed E-state index contributed by atoms with van der Waals surface area (Å²) in [5.74, 6) is 0.0136. The minimum Gasteiger partial charge on any atom is -0.461 e. The van der Waals surface area contributed by atoms with E-state index in [0.717, 1.165) is 12.8 Å². The van der Waals surface area contributed by atoms with Gasteiger partial charge in [0.1, 0.15) is 0 Å². The highest BCUT2D eigenvalue weighted by Gasteiger charge is 2.37. The summed E-state index contributed by atoms with van der Waals surface area (Å²) in [5.41, 5.74) is 9.39. The van der Waals surface area contributed by atoms with Gasteiger partial charge in [0.25, 0.3) is 0 Å². The van der Waals surface area contributed by atoms with Gasteiger partial charge in [-0.25, -0.2) is 14.8 Å². The molecule has 1 aliphatic rings. The lowest BCUT2D eigenvalue weighted by molar-refractivity contribution is 0.0519. The van der Waals surface area contributed by atoms with E-state index in [2.05, 4.69) is 17.0 Å². The standard InChI is InChI=1S/C26H28Cl2N4O2/c1-3-34-25(33)23-24(30-17(2)22(31-23)19-10-7-11-20(27)21(19)28)32-14-12-26(16-29,13-15-32)18-8-5-4-6-9-18/h4-11H,3,12-16,29H2,1-2H3. The number of hydrogen-bond donors (Lipinski definition) is 1. The molecule has 1 fully saturated rings. The van der Waals surface area contributed by atoms with Crippen molar-refractivity contribution < 1.29 is 9.53 Å². The van der Waals surface area contributed by atoms with Crippen molar-refractivity contribution in [3.8, 4) is 11.3 Å². The zero-order valence-corrected chi connectivity index (χ0v) is 20.9. The van der Waals surface area contributed by atoms with E-state index in [0.29, 0.717) is 52.4 Å². The van der Waals surface area contributed by atoms with E-state index < -0.39 is 5.97 Å². The number of aryl methyl sites for hydroxylation is 1. The molecule has 2 aromatic carbocycles. The van der Waals surface area contributed by atoms with Gasteiger partial charge in [-0.3, -0.25) is 0 Å². The second-order valence-corrected chi connectivity index (χ2v) is 9.27. The number of carbonyl (C=O) groups is 1. The topological polar surface area (TPSA) is 81.3 Å². The molecular weight excluding hydrogens is 471 g/mol. The van der Waals surface area contributed by atoms with Gasteiger partial charge in [0.05, 0.1) is 28.0 Å². The lowest BCUT2D eigenvalue weighted by atomic mass is 9.73. The zero-order valence-electron chi connectivity index (χ0n) is 19.4. The number of carbonyl (C=O) groups excluding carboxylic acids is 1. The summed E-state index contributed by atoms with van der Waals surface area (Å²) in [4.78, 5) is 24.6. The predicted molar refractivity (Wildman–Crippen MR) is 137 cm³/mol. The third-order valence-corrected chi connectivity index (χ3v) is 7.34. The number of ether oxygens (including phenoxy) is 1. The lowest BCUT2D eigenvalue weighted by Gasteiger charge is -2.42. The first-order valence-corrected chi connectivity index (χ1v) is 12.2. The number of piperidine rings is 1. The Labute approximate surface area is 210 Å². The van der Waals surface area contributed by atoms with Gasteiger partial charge in [-0.2, -0.15) is 0 Å². The number of nitrogens with two attached hydrogens (primary N) is 1. The monoisotopic (exact) mass is 498 g/mol. The first kappa shape index (κ1) is 24.5. The van der Waals surface area contributed by atoms with E-state index >= 15 is 0 Å². The van der Waals surface area contributed by atoms with Gasteiger partial charge in [0.2, 0.25) is 0 Å². The number of anilines is 1. The van der Waals surface area contributed by atoms with Gasteiger partial charge < -0.3 is 15.4 Å². The van der Waals surface area contributed by atoms with Crippen molar-refractivity contribution in [3.05, 3.63) is 75.5 Å². The van der Waals surface area contributed by atoms with Gasteiger partial charge in [-0.05, 0) is 38.3 Å². The van der Waals surface area contributed by atoms with E-state index in [4.69, 9.17) is 43.6 Å². The maximum absolute atomic E-state index is 12.9. The Bertz CT molecular complexity index is 1180. The largest absolute Gasteiger partial charge is 0.461 e. The van der Waals surface area contributed by atoms with Crippen molar-refractivity contribution in [2.24, 2.45) is 5.73 Å². The Kier molecular flexibility index (Phi) is 7.41. The minimum absolute atomic E-state index is 0.0986. The summed E-state index contributed by atoms with van der Waals surface area (Å²) in [5, 5.41) is 0.787. The quantitative estimate of drug-likeness (QED) is 0.456. The van der Waals surface area contributed by atoms with Crippen LogP contribution in [-0.2, 0) is 10.2 Å². The molecule has 1 aromatic heterocycles. The smallest absolute Gasteiger partial charge is 0.360 e. The Morgan fingerprint density at radius 3 is 2.44 bits per heavy atom. The number of aromatic nitrogens is 2. The van der Waals surface area contributed by atoms with E-state index in [1.54, 1.807) is 19.1 Å². The van der Waals surface area contributed by atoms with Crippen LogP contribution in [0.25, 0.3) is 11.3 Å². The minimum atomic E-state index is -0.511. The van der Waals surface area contributed by atoms with Crippen molar-refractivity contribution in [2.45, 2.75) is 32.1 Å². The molecule has 34 heavy (non-hydrogen) atoms. The first-order chi connectivity index (χ1) is 16.4. The van der Waals surface area contributed by atoms with Crippen LogP contribution in [0.15, 0.2) is 48.5 Å². The highest BCUT2D eigenvalue weighted by molar-refractivity contribution is 6.43. The second-order valence-electron chi connectivity index (χ2n) is 8.49. The molecule has 0 radical (unpaired) electrons. The normalized spacial score (nSPS) is 15.3. The van der Waals surface area contributed by atoms with E-state index in [9.17, 15) is 4.79 Å². The number of benzene rings is 2. The summed E-state index contributed by atoms with van der Waals surface area (Å²) in [6.07, 6.45) is 1.69. The molecular formula is C26H28Cl2N4O2. The fourth-order valence-electron chi connectivity index (χ4n) is 4.56. The number of nitrogens with zero attached hydrogens (tertiary/aromatic N) is 3. The van der Waals surface area contributed by atoms with Crippen LogP contribution in [0.1, 0.15) is 41.5 Å². The van der Waals surface area contributed by atoms with E-state index in [-0.39, 0.29) is 17.7 Å². The van der Waals surface area contributed by atoms with E-state index in [1.165, 1.54) is 5.56 Å². The molecule has 3 aromatic rings. The Morgan fingerprint density at radius 2 is 1.79 bits per heavy atom. The molecule has 0 aliphatic carbocycles. The Balaban J connectivity index is 1.71. The van der Waals surface area contributed by atoms with Crippen LogP contribution in [0.3, 0.4) is 0 Å². The van der Waals surface area contributed by atoms with Crippen molar-refractivity contribution in [2.75, 3.05) is 31.1 Å². The Morgan fingerprint density at radius 1 is 1.09 bits per heavy atom. The summed E-state index contributed by atoms with van der Waals surface area (Å²) in [6.45, 7) is 5.83. The van der Waals surface area contributed by atoms with Gasteiger partial charge in [0, 0.05) is 30.6 Å². The van der Waals surface area contributed by atoms with Crippen LogP contribution in [0.5, 0.6) is 0 Å². The molecule has 1 aliphatic heterocycles. The number of esters is 1. The number of rotatable bonds is 6. The summed E-state index contributed by atoms with van der Waals surface area (Å²) < 4.78 is 5.33. The fourth-order valence-corrected chi connectivity index (χ4v) is 4.95. The maximum atomic E-state index is 12.9. The first-order valence-electron chi connectivity index (χ1n) is 11.4. The van der Waals surface area contributed by atoms with Gasteiger partial charge in [-0.15, -0.1) is 0 Å². The molecule has 6 nitrogen and oxygen atoms in total. The average molecular weight is 499 g/mol. The summed E-state index contributed by atoms with van der Waals surface area (Å²) in [6, 6.07) is 15.7. The van der Waals surface area contributed by atoms with Crippen LogP contribution >= 0.6 is 23.2 Å². The molecule has 2 N–H and O–H groups in total. The molecule has 0 saturated carbocycles. The van der Waals surface area contributed by atoms with Crippen molar-refractivity contribution in [1.82, 2.24) is 9.97 Å². The molecule has 2 heterocycles. The van der Waals surface area contributed by atoms with Gasteiger partial charge in [0.15, 0.2) is 11.5 Å². The molecule has 0 amide bonds. The number of hydrogen-bond acceptors (Lipinski definition) is 6. The molecule has 0 unspecified atom stereocenters. The highest BCUT2D eigenvalue weighted by Crippen LogP contribution is 2.38. The van der Waals surface area contributed by atoms with Crippen LogP contribution in [0.4, 0.5) is 5.82 Å². The molecule has 0 atom stereocenters. The van der Waals surface area contributed by atoms with Crippen LogP contribution in [0.2, 0.25) is 10.0 Å². The van der Waals surface area contributed by atoms with E-state index in [1.807, 2.05) is 31.2 Å². The third-order valence-electron chi connectivity index (χ3n) is 6.52. The van der Waals surface area contributed by atoms with Gasteiger partial charge in [-0.1, -0.05) is 65.7 Å². The Hall–Kier alpha value is -2.67. The average Bonchev–Trinajstić information content (AvgIpc) is 2.86. The number of halogens is 2. The molecule has 8 heteroatoms. The van der Waals surface area contributed by atoms with Gasteiger partial charge >= 0.3 is 5.97 Å². The van der Waals surface area contributed by atoms with Crippen LogP contribution in [0, 0.1) is 6.92 Å². The maximum Gasteiger partial charge on any atom is 0.360 e. The second kappa shape index (κ2) is 10.3. The third kappa shape index (κ3) is 4.63. The molecule has 0 bridgehead atoms.